The summed E-state index contributed by atoms with van der Waals surface area (Å²) in [6.45, 7) is 2.23. The lowest BCUT2D eigenvalue weighted by Gasteiger charge is -2.15. The first-order valence-electron chi connectivity index (χ1n) is 8.22. The van der Waals surface area contributed by atoms with Gasteiger partial charge in [-0.25, -0.2) is 0 Å². The SMILES string of the molecule is CC(c1ccc(C2Nc3ccc(C(N)=O)cc3N2)cc1)c1cccs1. The third-order valence-electron chi connectivity index (χ3n) is 4.64. The number of hydrogen-bond acceptors (Lipinski definition) is 4. The minimum atomic E-state index is -0.417. The number of nitrogens with one attached hydrogen (secondary N) is 2. The van der Waals surface area contributed by atoms with Crippen LogP contribution in [0, 0.1) is 0 Å². The summed E-state index contributed by atoms with van der Waals surface area (Å²) < 4.78 is 0. The molecule has 0 saturated carbocycles. The zero-order valence-corrected chi connectivity index (χ0v) is 14.6. The van der Waals surface area contributed by atoms with Gasteiger partial charge in [0.1, 0.15) is 6.17 Å². The first-order chi connectivity index (χ1) is 12.1. The van der Waals surface area contributed by atoms with E-state index in [2.05, 4.69) is 59.3 Å². The zero-order valence-electron chi connectivity index (χ0n) is 13.8. The summed E-state index contributed by atoms with van der Waals surface area (Å²) in [5, 5.41) is 8.95. The van der Waals surface area contributed by atoms with Gasteiger partial charge in [0, 0.05) is 16.4 Å². The molecule has 1 aliphatic rings. The molecule has 0 aliphatic carbocycles. The van der Waals surface area contributed by atoms with E-state index < -0.39 is 5.91 Å². The first kappa shape index (κ1) is 15.7. The van der Waals surface area contributed by atoms with Crippen LogP contribution in [0.2, 0.25) is 0 Å². The van der Waals surface area contributed by atoms with E-state index in [1.165, 1.54) is 10.4 Å². The van der Waals surface area contributed by atoms with E-state index in [9.17, 15) is 4.79 Å². The van der Waals surface area contributed by atoms with Gasteiger partial charge in [0.25, 0.3) is 0 Å². The van der Waals surface area contributed by atoms with Crippen LogP contribution >= 0.6 is 11.3 Å². The van der Waals surface area contributed by atoms with Crippen molar-refractivity contribution in [2.24, 2.45) is 5.73 Å². The molecule has 0 saturated heterocycles. The predicted octanol–water partition coefficient (Wildman–Crippen LogP) is 4.54. The van der Waals surface area contributed by atoms with Gasteiger partial charge in [-0.05, 0) is 40.8 Å². The minimum absolute atomic E-state index is 0.00998. The molecule has 2 heterocycles. The number of primary amides is 1. The molecule has 25 heavy (non-hydrogen) atoms. The van der Waals surface area contributed by atoms with Crippen molar-refractivity contribution in [1.29, 1.82) is 0 Å². The Morgan fingerprint density at radius 2 is 1.84 bits per heavy atom. The molecule has 4 N–H and O–H groups in total. The number of carbonyl (C=O) groups excluding carboxylic acids is 1. The number of hydrogen-bond donors (Lipinski definition) is 3. The number of benzene rings is 2. The summed E-state index contributed by atoms with van der Waals surface area (Å²) in [5.74, 6) is -0.0196. The van der Waals surface area contributed by atoms with Crippen molar-refractivity contribution in [3.63, 3.8) is 0 Å². The lowest BCUT2D eigenvalue weighted by atomic mass is 9.98. The largest absolute Gasteiger partial charge is 0.366 e. The Kier molecular flexibility index (Phi) is 3.93. The van der Waals surface area contributed by atoms with Crippen LogP contribution in [0.4, 0.5) is 11.4 Å². The van der Waals surface area contributed by atoms with Gasteiger partial charge in [-0.1, -0.05) is 37.3 Å². The predicted molar refractivity (Wildman–Crippen MR) is 103 cm³/mol. The Labute approximate surface area is 150 Å². The Balaban J connectivity index is 1.52. The molecule has 1 amide bonds. The molecule has 4 nitrogen and oxygen atoms in total. The number of nitrogens with two attached hydrogens (primary N) is 1. The highest BCUT2D eigenvalue weighted by molar-refractivity contribution is 7.10. The van der Waals surface area contributed by atoms with E-state index in [1.54, 1.807) is 23.5 Å². The van der Waals surface area contributed by atoms with E-state index in [1.807, 2.05) is 6.07 Å². The number of rotatable bonds is 4. The maximum Gasteiger partial charge on any atom is 0.248 e. The van der Waals surface area contributed by atoms with Gasteiger partial charge in [0.2, 0.25) is 5.91 Å². The van der Waals surface area contributed by atoms with E-state index in [0.717, 1.165) is 16.9 Å². The molecule has 4 rings (SSSR count). The monoisotopic (exact) mass is 349 g/mol. The number of amides is 1. The topological polar surface area (TPSA) is 67.1 Å². The summed E-state index contributed by atoms with van der Waals surface area (Å²) >= 11 is 1.79. The van der Waals surface area contributed by atoms with Gasteiger partial charge in [0.15, 0.2) is 0 Å². The molecule has 2 unspecified atom stereocenters. The smallest absolute Gasteiger partial charge is 0.248 e. The first-order valence-corrected chi connectivity index (χ1v) is 9.10. The molecular weight excluding hydrogens is 330 g/mol. The van der Waals surface area contributed by atoms with E-state index in [0.29, 0.717) is 11.5 Å². The third kappa shape index (κ3) is 2.98. The highest BCUT2D eigenvalue weighted by atomic mass is 32.1. The molecule has 0 bridgehead atoms. The number of carbonyl (C=O) groups is 1. The quantitative estimate of drug-likeness (QED) is 0.648. The van der Waals surface area contributed by atoms with Crippen LogP contribution in [0.25, 0.3) is 0 Å². The van der Waals surface area contributed by atoms with Crippen LogP contribution in [-0.4, -0.2) is 5.91 Å². The molecule has 0 fully saturated rings. The summed E-state index contributed by atoms with van der Waals surface area (Å²) in [4.78, 5) is 12.7. The Bertz CT molecular complexity index is 903. The number of anilines is 2. The molecule has 2 aromatic carbocycles. The van der Waals surface area contributed by atoms with Gasteiger partial charge in [-0.2, -0.15) is 0 Å². The molecule has 2 atom stereocenters. The summed E-state index contributed by atoms with van der Waals surface area (Å²) in [6.07, 6.45) is -0.00998. The molecule has 1 aliphatic heterocycles. The summed E-state index contributed by atoms with van der Waals surface area (Å²) in [6, 6.07) is 18.3. The second-order valence-corrected chi connectivity index (χ2v) is 7.23. The van der Waals surface area contributed by atoms with Crippen LogP contribution in [-0.2, 0) is 0 Å². The van der Waals surface area contributed by atoms with Gasteiger partial charge >= 0.3 is 0 Å². The molecule has 126 valence electrons. The van der Waals surface area contributed by atoms with Crippen LogP contribution < -0.4 is 16.4 Å². The minimum Gasteiger partial charge on any atom is -0.366 e. The number of fused-ring (bicyclic) bond motifs is 1. The summed E-state index contributed by atoms with van der Waals surface area (Å²) in [7, 11) is 0. The zero-order chi connectivity index (χ0) is 17.4. The van der Waals surface area contributed by atoms with Gasteiger partial charge in [-0.3, -0.25) is 4.79 Å². The Morgan fingerprint density at radius 3 is 2.52 bits per heavy atom. The lowest BCUT2D eigenvalue weighted by Crippen LogP contribution is -2.12. The summed E-state index contributed by atoms with van der Waals surface area (Å²) in [5.41, 5.74) is 10.2. The fourth-order valence-electron chi connectivity index (χ4n) is 3.14. The van der Waals surface area contributed by atoms with E-state index in [-0.39, 0.29) is 6.17 Å². The van der Waals surface area contributed by atoms with Crippen molar-refractivity contribution in [3.8, 4) is 0 Å². The van der Waals surface area contributed by atoms with Crippen molar-refractivity contribution in [1.82, 2.24) is 0 Å². The van der Waals surface area contributed by atoms with Crippen molar-refractivity contribution < 1.29 is 4.79 Å². The average molecular weight is 349 g/mol. The molecule has 5 heteroatoms. The van der Waals surface area contributed by atoms with Crippen molar-refractivity contribution >= 4 is 28.6 Å². The Morgan fingerprint density at radius 1 is 1.08 bits per heavy atom. The van der Waals surface area contributed by atoms with Gasteiger partial charge in [0.05, 0.1) is 11.4 Å². The van der Waals surface area contributed by atoms with Crippen LogP contribution in [0.3, 0.4) is 0 Å². The Hall–Kier alpha value is -2.79. The van der Waals surface area contributed by atoms with Gasteiger partial charge < -0.3 is 16.4 Å². The fraction of sp³-hybridized carbons (Fsp3) is 0.150. The van der Waals surface area contributed by atoms with Crippen LogP contribution in [0.15, 0.2) is 60.0 Å². The molecule has 3 aromatic rings. The van der Waals surface area contributed by atoms with Crippen LogP contribution in [0.5, 0.6) is 0 Å². The fourth-order valence-corrected chi connectivity index (χ4v) is 3.95. The third-order valence-corrected chi connectivity index (χ3v) is 5.70. The van der Waals surface area contributed by atoms with Crippen molar-refractivity contribution in [2.45, 2.75) is 19.0 Å². The second kappa shape index (κ2) is 6.26. The molecule has 0 spiro atoms. The highest BCUT2D eigenvalue weighted by Crippen LogP contribution is 2.36. The highest BCUT2D eigenvalue weighted by Gasteiger charge is 2.22. The van der Waals surface area contributed by atoms with Gasteiger partial charge in [-0.15, -0.1) is 11.3 Å². The molecular formula is C20H19N3OS. The number of thiophene rings is 1. The normalized spacial score (nSPS) is 16.6. The van der Waals surface area contributed by atoms with Crippen LogP contribution in [0.1, 0.15) is 45.4 Å². The molecule has 0 radical (unpaired) electrons. The van der Waals surface area contributed by atoms with Crippen molar-refractivity contribution in [3.05, 3.63) is 81.5 Å². The average Bonchev–Trinajstić information content (AvgIpc) is 3.30. The maximum atomic E-state index is 11.3. The second-order valence-electron chi connectivity index (χ2n) is 6.25. The van der Waals surface area contributed by atoms with E-state index in [4.69, 9.17) is 5.73 Å². The maximum absolute atomic E-state index is 11.3. The standard InChI is InChI=1S/C20H19N3OS/c1-12(18-3-2-10-25-18)13-4-6-14(7-5-13)20-22-16-9-8-15(19(21)24)11-17(16)23-20/h2-12,20,22-23H,1H3,(H2,21,24). The molecule has 1 aromatic heterocycles. The van der Waals surface area contributed by atoms with Crippen molar-refractivity contribution in [2.75, 3.05) is 10.6 Å². The van der Waals surface area contributed by atoms with E-state index >= 15 is 0 Å². The lowest BCUT2D eigenvalue weighted by molar-refractivity contribution is 0.100.